The molecule has 4 heteroatoms. The van der Waals surface area contributed by atoms with Crippen LogP contribution in [0.2, 0.25) is 0 Å². The molecule has 24 heavy (non-hydrogen) atoms. The fraction of sp³-hybridized carbons (Fsp3) is 0.300. The number of amides is 2. The van der Waals surface area contributed by atoms with Crippen LogP contribution in [0.25, 0.3) is 0 Å². The van der Waals surface area contributed by atoms with Gasteiger partial charge in [-0.2, -0.15) is 0 Å². The Kier molecular flexibility index (Phi) is 6.55. The zero-order valence-electron chi connectivity index (χ0n) is 14.3. The topological polar surface area (TPSA) is 40.6 Å². The summed E-state index contributed by atoms with van der Waals surface area (Å²) >= 11 is 0. The van der Waals surface area contributed by atoms with Crippen molar-refractivity contribution in [2.24, 2.45) is 0 Å². The van der Waals surface area contributed by atoms with E-state index in [0.717, 1.165) is 11.4 Å². The van der Waals surface area contributed by atoms with Gasteiger partial charge in [-0.15, -0.1) is 0 Å². The number of benzene rings is 2. The minimum absolute atomic E-state index is 0.0226. The smallest absolute Gasteiger partial charge is 0.232 e. The first-order chi connectivity index (χ1) is 11.7. The maximum absolute atomic E-state index is 12.8. The maximum Gasteiger partial charge on any atom is 0.232 e. The van der Waals surface area contributed by atoms with E-state index in [0.29, 0.717) is 13.1 Å². The van der Waals surface area contributed by atoms with E-state index in [4.69, 9.17) is 0 Å². The lowest BCUT2D eigenvalue weighted by Crippen LogP contribution is -2.32. The summed E-state index contributed by atoms with van der Waals surface area (Å²) in [6.07, 6.45) is 0.426. The van der Waals surface area contributed by atoms with Crippen LogP contribution < -0.4 is 4.90 Å². The molecule has 0 aliphatic heterocycles. The van der Waals surface area contributed by atoms with Crippen molar-refractivity contribution < 1.29 is 9.59 Å². The van der Waals surface area contributed by atoms with Crippen LogP contribution in [0.4, 0.5) is 11.4 Å². The molecule has 0 radical (unpaired) electrons. The van der Waals surface area contributed by atoms with E-state index >= 15 is 0 Å². The summed E-state index contributed by atoms with van der Waals surface area (Å²) in [5.74, 6) is -0.0534. The van der Waals surface area contributed by atoms with Crippen LogP contribution in [0.1, 0.15) is 26.7 Å². The average molecular weight is 324 g/mol. The number of nitrogens with zero attached hydrogens (tertiary/aromatic N) is 2. The number of carbonyl (C=O) groups is 2. The first-order valence-electron chi connectivity index (χ1n) is 8.38. The highest BCUT2D eigenvalue weighted by Crippen LogP contribution is 2.26. The third kappa shape index (κ3) is 4.44. The zero-order chi connectivity index (χ0) is 17.4. The fourth-order valence-corrected chi connectivity index (χ4v) is 2.65. The van der Waals surface area contributed by atoms with Crippen molar-refractivity contribution in [1.82, 2.24) is 4.90 Å². The Morgan fingerprint density at radius 2 is 1.12 bits per heavy atom. The van der Waals surface area contributed by atoms with Crippen molar-refractivity contribution in [2.45, 2.75) is 26.7 Å². The van der Waals surface area contributed by atoms with Gasteiger partial charge < -0.3 is 4.90 Å². The van der Waals surface area contributed by atoms with E-state index < -0.39 is 0 Å². The number of hydrogen-bond acceptors (Lipinski definition) is 2. The molecule has 0 saturated heterocycles. The lowest BCUT2D eigenvalue weighted by atomic mass is 10.2. The second kappa shape index (κ2) is 8.87. The second-order valence-corrected chi connectivity index (χ2v) is 5.47. The van der Waals surface area contributed by atoms with Crippen LogP contribution in [-0.4, -0.2) is 29.8 Å². The molecule has 0 unspecified atom stereocenters. The monoisotopic (exact) mass is 324 g/mol. The Hall–Kier alpha value is -2.62. The Balaban J connectivity index is 2.16. The summed E-state index contributed by atoms with van der Waals surface area (Å²) in [6.45, 7) is 5.24. The molecule has 0 fully saturated rings. The summed E-state index contributed by atoms with van der Waals surface area (Å²) in [5, 5.41) is 0. The SMILES string of the molecule is CCN(CC)C(=O)CCC(=O)N(c1ccccc1)c1ccccc1. The highest BCUT2D eigenvalue weighted by Gasteiger charge is 2.19. The van der Waals surface area contributed by atoms with E-state index in [1.54, 1.807) is 9.80 Å². The Bertz CT molecular complexity index is 612. The van der Waals surface area contributed by atoms with Gasteiger partial charge in [-0.3, -0.25) is 14.5 Å². The van der Waals surface area contributed by atoms with Crippen LogP contribution in [0.3, 0.4) is 0 Å². The van der Waals surface area contributed by atoms with Crippen LogP contribution in [0, 0.1) is 0 Å². The van der Waals surface area contributed by atoms with Crippen molar-refractivity contribution >= 4 is 23.2 Å². The number of rotatable bonds is 7. The van der Waals surface area contributed by atoms with E-state index in [1.165, 1.54) is 0 Å². The van der Waals surface area contributed by atoms with Crippen molar-refractivity contribution in [1.29, 1.82) is 0 Å². The lowest BCUT2D eigenvalue weighted by Gasteiger charge is -2.24. The molecule has 4 nitrogen and oxygen atoms in total. The summed E-state index contributed by atoms with van der Waals surface area (Å²) in [5.41, 5.74) is 1.62. The Morgan fingerprint density at radius 3 is 1.54 bits per heavy atom. The van der Waals surface area contributed by atoms with Gasteiger partial charge in [-0.05, 0) is 38.1 Å². The summed E-state index contributed by atoms with van der Waals surface area (Å²) in [7, 11) is 0. The Labute approximate surface area is 143 Å². The van der Waals surface area contributed by atoms with E-state index in [9.17, 15) is 9.59 Å². The molecule has 2 aromatic carbocycles. The molecule has 0 aromatic heterocycles. The molecule has 0 N–H and O–H groups in total. The third-order valence-electron chi connectivity index (χ3n) is 3.95. The van der Waals surface area contributed by atoms with Gasteiger partial charge >= 0.3 is 0 Å². The molecular weight excluding hydrogens is 300 g/mol. The normalized spacial score (nSPS) is 10.2. The molecule has 0 saturated carbocycles. The number of para-hydroxylation sites is 2. The number of anilines is 2. The van der Waals surface area contributed by atoms with Crippen LogP contribution in [-0.2, 0) is 9.59 Å². The second-order valence-electron chi connectivity index (χ2n) is 5.47. The molecular formula is C20H24N2O2. The largest absolute Gasteiger partial charge is 0.343 e. The highest BCUT2D eigenvalue weighted by atomic mass is 16.2. The molecule has 0 spiro atoms. The predicted molar refractivity (Wildman–Crippen MR) is 97.2 cm³/mol. The van der Waals surface area contributed by atoms with Gasteiger partial charge in [0.05, 0.1) is 0 Å². The average Bonchev–Trinajstić information content (AvgIpc) is 2.63. The molecule has 2 amide bonds. The van der Waals surface area contributed by atoms with Gasteiger partial charge in [-0.25, -0.2) is 0 Å². The van der Waals surface area contributed by atoms with Crippen LogP contribution >= 0.6 is 0 Å². The lowest BCUT2D eigenvalue weighted by molar-refractivity contribution is -0.132. The highest BCUT2D eigenvalue weighted by molar-refractivity contribution is 6.01. The van der Waals surface area contributed by atoms with Crippen molar-refractivity contribution in [3.05, 3.63) is 60.7 Å². The van der Waals surface area contributed by atoms with Crippen LogP contribution in [0.15, 0.2) is 60.7 Å². The van der Waals surface area contributed by atoms with Gasteiger partial charge in [0, 0.05) is 37.3 Å². The molecule has 0 aliphatic carbocycles. The molecule has 2 aromatic rings. The van der Waals surface area contributed by atoms with E-state index in [2.05, 4.69) is 0 Å². The standard InChI is InChI=1S/C20H24N2O2/c1-3-21(4-2)19(23)15-16-20(24)22(17-11-7-5-8-12-17)18-13-9-6-10-14-18/h5-14H,3-4,15-16H2,1-2H3. The molecule has 0 atom stereocenters. The van der Waals surface area contributed by atoms with Gasteiger partial charge in [0.1, 0.15) is 0 Å². The van der Waals surface area contributed by atoms with Crippen LogP contribution in [0.5, 0.6) is 0 Å². The number of hydrogen-bond donors (Lipinski definition) is 0. The van der Waals surface area contributed by atoms with Crippen molar-refractivity contribution in [3.8, 4) is 0 Å². The summed E-state index contributed by atoms with van der Waals surface area (Å²) in [4.78, 5) is 28.4. The summed E-state index contributed by atoms with van der Waals surface area (Å²) in [6, 6.07) is 19.0. The minimum atomic E-state index is -0.0760. The summed E-state index contributed by atoms with van der Waals surface area (Å²) < 4.78 is 0. The van der Waals surface area contributed by atoms with Crippen molar-refractivity contribution in [3.63, 3.8) is 0 Å². The van der Waals surface area contributed by atoms with Gasteiger partial charge in [-0.1, -0.05) is 36.4 Å². The van der Waals surface area contributed by atoms with Gasteiger partial charge in [0.2, 0.25) is 11.8 Å². The molecule has 2 rings (SSSR count). The molecule has 126 valence electrons. The predicted octanol–water partition coefficient (Wildman–Crippen LogP) is 4.00. The first-order valence-corrected chi connectivity index (χ1v) is 8.38. The van der Waals surface area contributed by atoms with E-state index in [-0.39, 0.29) is 24.7 Å². The molecule has 0 aliphatic rings. The fourth-order valence-electron chi connectivity index (χ4n) is 2.65. The van der Waals surface area contributed by atoms with Gasteiger partial charge in [0.25, 0.3) is 0 Å². The van der Waals surface area contributed by atoms with Gasteiger partial charge in [0.15, 0.2) is 0 Å². The zero-order valence-corrected chi connectivity index (χ0v) is 14.3. The first kappa shape index (κ1) is 17.7. The quantitative estimate of drug-likeness (QED) is 0.772. The van der Waals surface area contributed by atoms with E-state index in [1.807, 2.05) is 74.5 Å². The minimum Gasteiger partial charge on any atom is -0.343 e. The van der Waals surface area contributed by atoms with Crippen molar-refractivity contribution in [2.75, 3.05) is 18.0 Å². The molecule has 0 heterocycles. The molecule has 0 bridgehead atoms. The maximum atomic E-state index is 12.8. The Morgan fingerprint density at radius 1 is 0.708 bits per heavy atom. The number of carbonyl (C=O) groups excluding carboxylic acids is 2. The third-order valence-corrected chi connectivity index (χ3v) is 3.95.